The molecule has 5 aromatic rings. The maximum absolute atomic E-state index is 10.2. The van der Waals surface area contributed by atoms with Gasteiger partial charge in [0, 0.05) is 44.3 Å². The van der Waals surface area contributed by atoms with E-state index in [1.165, 1.54) is 17.7 Å². The number of thiazole rings is 1. The molecule has 0 fully saturated rings. The minimum Gasteiger partial charge on any atom is -0.372 e. The summed E-state index contributed by atoms with van der Waals surface area (Å²) in [4.78, 5) is 18.8. The molecule has 0 spiro atoms. The first-order chi connectivity index (χ1) is 21.7. The number of rotatable bonds is 15. The normalized spacial score (nSPS) is 11.6. The van der Waals surface area contributed by atoms with Crippen LogP contribution in [-0.4, -0.2) is 39.5 Å². The number of anilines is 1. The van der Waals surface area contributed by atoms with Crippen molar-refractivity contribution in [2.75, 3.05) is 24.5 Å². The summed E-state index contributed by atoms with van der Waals surface area (Å²) in [6.45, 7) is 8.89. The van der Waals surface area contributed by atoms with Gasteiger partial charge < -0.3 is 4.90 Å². The van der Waals surface area contributed by atoms with Gasteiger partial charge >= 0.3 is 0 Å². The zero-order chi connectivity index (χ0) is 30.6. The molecule has 6 nitrogen and oxygen atoms in total. The summed E-state index contributed by atoms with van der Waals surface area (Å²) in [6.07, 6.45) is 9.93. The molecule has 0 bridgehead atoms. The second-order valence-corrected chi connectivity index (χ2v) is 12.0. The molecule has 44 heavy (non-hydrogen) atoms. The van der Waals surface area contributed by atoms with Gasteiger partial charge in [0.25, 0.3) is 0 Å². The molecule has 7 heteroatoms. The smallest absolute Gasteiger partial charge is 0.135 e. The van der Waals surface area contributed by atoms with Crippen molar-refractivity contribution in [3.05, 3.63) is 119 Å². The molecule has 0 radical (unpaired) electrons. The molecule has 0 amide bonds. The summed E-state index contributed by atoms with van der Waals surface area (Å²) < 4.78 is 1.09. The average Bonchev–Trinajstić information content (AvgIpc) is 3.50. The van der Waals surface area contributed by atoms with Crippen LogP contribution in [0, 0.1) is 11.3 Å². The van der Waals surface area contributed by atoms with Gasteiger partial charge in [0.1, 0.15) is 11.1 Å². The van der Waals surface area contributed by atoms with E-state index in [0.29, 0.717) is 5.57 Å². The summed E-state index contributed by atoms with van der Waals surface area (Å²) >= 11 is 1.57. The number of aromatic nitrogens is 3. The molecule has 0 atom stereocenters. The lowest BCUT2D eigenvalue weighted by Crippen LogP contribution is -2.25. The van der Waals surface area contributed by atoms with Gasteiger partial charge in [-0.1, -0.05) is 43.7 Å². The SMILES string of the molecule is CCCCN(CC)c1ccc(/C=C(\C#N)c2nc3ccccc3s2)c(CCCN(Cc2ccccn2)Cc2ccccn2)c1. The highest BCUT2D eigenvalue weighted by Crippen LogP contribution is 2.30. The average molecular weight is 601 g/mol. The molecule has 0 aliphatic heterocycles. The van der Waals surface area contributed by atoms with Gasteiger partial charge in [-0.3, -0.25) is 14.9 Å². The van der Waals surface area contributed by atoms with E-state index < -0.39 is 0 Å². The fourth-order valence-electron chi connectivity index (χ4n) is 5.40. The molecule has 3 aromatic heterocycles. The summed E-state index contributed by atoms with van der Waals surface area (Å²) in [5, 5.41) is 10.9. The zero-order valence-electron chi connectivity index (χ0n) is 25.7. The standard InChI is InChI=1S/C37H40N6S/c1-3-5-23-43(4-2)34-19-18-30(24-31(26-38)37-41-35-16-6-7-17-36(35)44-37)29(25-34)13-12-22-42(27-32-14-8-10-20-39-32)28-33-15-9-11-21-40-33/h6-11,14-21,24-25H,3-5,12-13,22-23,27-28H2,1-2H3/b31-24+. The third kappa shape index (κ3) is 8.37. The molecule has 3 heterocycles. The van der Waals surface area contributed by atoms with Crippen molar-refractivity contribution in [1.29, 1.82) is 5.26 Å². The number of hydrogen-bond acceptors (Lipinski definition) is 7. The number of aryl methyl sites for hydroxylation is 1. The number of nitriles is 1. The van der Waals surface area contributed by atoms with Crippen LogP contribution >= 0.6 is 11.3 Å². The maximum Gasteiger partial charge on any atom is 0.135 e. The van der Waals surface area contributed by atoms with Gasteiger partial charge in [0.05, 0.1) is 27.2 Å². The Morgan fingerprint density at radius 3 is 2.23 bits per heavy atom. The Labute approximate surface area is 265 Å². The summed E-state index contributed by atoms with van der Waals surface area (Å²) in [5.41, 5.74) is 7.21. The fraction of sp³-hybridized carbons (Fsp3) is 0.297. The van der Waals surface area contributed by atoms with Crippen LogP contribution in [0.25, 0.3) is 21.9 Å². The van der Waals surface area contributed by atoms with E-state index in [4.69, 9.17) is 4.98 Å². The van der Waals surface area contributed by atoms with Crippen LogP contribution < -0.4 is 4.90 Å². The van der Waals surface area contributed by atoms with Crippen LogP contribution in [0.15, 0.2) is 91.3 Å². The van der Waals surface area contributed by atoms with Crippen LogP contribution in [0.1, 0.15) is 60.6 Å². The molecule has 0 aliphatic rings. The number of benzene rings is 2. The van der Waals surface area contributed by atoms with Crippen molar-refractivity contribution in [2.24, 2.45) is 0 Å². The first-order valence-electron chi connectivity index (χ1n) is 15.5. The Hall–Kier alpha value is -4.38. The van der Waals surface area contributed by atoms with E-state index in [1.54, 1.807) is 11.3 Å². The first-order valence-corrected chi connectivity index (χ1v) is 16.4. The topological polar surface area (TPSA) is 68.9 Å². The fourth-order valence-corrected chi connectivity index (χ4v) is 6.33. The third-order valence-electron chi connectivity index (χ3n) is 7.74. The first kappa shape index (κ1) is 31.1. The minimum absolute atomic E-state index is 0.602. The van der Waals surface area contributed by atoms with Gasteiger partial charge in [-0.2, -0.15) is 5.26 Å². The second kappa shape index (κ2) is 15.9. The van der Waals surface area contributed by atoms with E-state index in [0.717, 1.165) is 84.2 Å². The Morgan fingerprint density at radius 2 is 1.59 bits per heavy atom. The molecule has 0 aliphatic carbocycles. The highest BCUT2D eigenvalue weighted by atomic mass is 32.1. The Morgan fingerprint density at radius 1 is 0.864 bits per heavy atom. The quantitative estimate of drug-likeness (QED) is 0.112. The van der Waals surface area contributed by atoms with Crippen LogP contribution in [-0.2, 0) is 19.5 Å². The maximum atomic E-state index is 10.2. The predicted octanol–water partition coefficient (Wildman–Crippen LogP) is 8.41. The molecule has 0 N–H and O–H groups in total. The van der Waals surface area contributed by atoms with Gasteiger partial charge in [-0.05, 0) is 98.5 Å². The molecular weight excluding hydrogens is 561 g/mol. The van der Waals surface area contributed by atoms with Crippen LogP contribution in [0.5, 0.6) is 0 Å². The lowest BCUT2D eigenvalue weighted by atomic mass is 9.99. The van der Waals surface area contributed by atoms with E-state index in [9.17, 15) is 5.26 Å². The highest BCUT2D eigenvalue weighted by molar-refractivity contribution is 7.19. The van der Waals surface area contributed by atoms with Gasteiger partial charge in [0.2, 0.25) is 0 Å². The number of allylic oxidation sites excluding steroid dienone is 1. The number of nitrogens with zero attached hydrogens (tertiary/aromatic N) is 6. The summed E-state index contributed by atoms with van der Waals surface area (Å²) in [7, 11) is 0. The monoisotopic (exact) mass is 600 g/mol. The van der Waals surface area contributed by atoms with E-state index in [2.05, 4.69) is 76.1 Å². The summed E-state index contributed by atoms with van der Waals surface area (Å²) in [5.74, 6) is 0. The van der Waals surface area contributed by atoms with Crippen molar-refractivity contribution < 1.29 is 0 Å². The lowest BCUT2D eigenvalue weighted by molar-refractivity contribution is 0.247. The number of para-hydroxylation sites is 1. The number of fused-ring (bicyclic) bond motifs is 1. The lowest BCUT2D eigenvalue weighted by Gasteiger charge is -2.25. The minimum atomic E-state index is 0.602. The molecular formula is C37H40N6S. The Bertz CT molecular complexity index is 1620. The third-order valence-corrected chi connectivity index (χ3v) is 8.81. The molecule has 0 saturated carbocycles. The van der Waals surface area contributed by atoms with Gasteiger partial charge in [0.15, 0.2) is 0 Å². The molecule has 0 unspecified atom stereocenters. The van der Waals surface area contributed by atoms with Crippen LogP contribution in [0.2, 0.25) is 0 Å². The van der Waals surface area contributed by atoms with Gasteiger partial charge in [-0.25, -0.2) is 4.98 Å². The molecule has 2 aromatic carbocycles. The van der Waals surface area contributed by atoms with Crippen LogP contribution in [0.4, 0.5) is 5.69 Å². The van der Waals surface area contributed by atoms with Crippen molar-refractivity contribution >= 4 is 38.9 Å². The van der Waals surface area contributed by atoms with Crippen molar-refractivity contribution in [3.8, 4) is 6.07 Å². The molecule has 0 saturated heterocycles. The van der Waals surface area contributed by atoms with Crippen molar-refractivity contribution in [3.63, 3.8) is 0 Å². The predicted molar refractivity (Wildman–Crippen MR) is 183 cm³/mol. The molecule has 5 rings (SSSR count). The van der Waals surface area contributed by atoms with Crippen LogP contribution in [0.3, 0.4) is 0 Å². The number of unbranched alkanes of at least 4 members (excludes halogenated alkanes) is 1. The van der Waals surface area contributed by atoms with E-state index in [-0.39, 0.29) is 0 Å². The van der Waals surface area contributed by atoms with E-state index >= 15 is 0 Å². The zero-order valence-corrected chi connectivity index (χ0v) is 26.5. The van der Waals surface area contributed by atoms with Crippen molar-refractivity contribution in [2.45, 2.75) is 52.6 Å². The number of pyridine rings is 2. The summed E-state index contributed by atoms with van der Waals surface area (Å²) in [6, 6.07) is 29.4. The van der Waals surface area contributed by atoms with E-state index in [1.807, 2.05) is 60.9 Å². The second-order valence-electron chi connectivity index (χ2n) is 10.9. The van der Waals surface area contributed by atoms with Crippen molar-refractivity contribution in [1.82, 2.24) is 19.9 Å². The largest absolute Gasteiger partial charge is 0.372 e. The number of hydrogen-bond donors (Lipinski definition) is 0. The van der Waals surface area contributed by atoms with Gasteiger partial charge in [-0.15, -0.1) is 11.3 Å². The Kier molecular flexibility index (Phi) is 11.2. The highest BCUT2D eigenvalue weighted by Gasteiger charge is 2.14. The Balaban J connectivity index is 1.41. The molecule has 224 valence electrons.